The highest BCUT2D eigenvalue weighted by molar-refractivity contribution is 7.18. The van der Waals surface area contributed by atoms with Gasteiger partial charge in [-0.15, -0.1) is 11.3 Å². The molecule has 0 fully saturated rings. The molecule has 0 saturated heterocycles. The van der Waals surface area contributed by atoms with Gasteiger partial charge in [0.25, 0.3) is 0 Å². The first kappa shape index (κ1) is 33.6. The lowest BCUT2D eigenvalue weighted by atomic mass is 10.1. The highest BCUT2D eigenvalue weighted by Crippen LogP contribution is 2.40. The number of benzene rings is 6. The van der Waals surface area contributed by atoms with Crippen LogP contribution in [0.4, 0.5) is 34.6 Å². The molecule has 0 N–H and O–H groups in total. The molecule has 55 heavy (non-hydrogen) atoms. The predicted octanol–water partition coefficient (Wildman–Crippen LogP) is 12.9. The zero-order chi connectivity index (χ0) is 36.8. The SMILES string of the molecule is c1ccc(-c2ccc(N(c3ccc(-c4ccc(-c5ccc(N(c6ccc(-c7ccccc7)cc6)c6ncccn6)cc5)s4)cc3)c3ncccn3)cc2)cc1. The number of hydrogen-bond donors (Lipinski definition) is 0. The van der Waals surface area contributed by atoms with Crippen molar-refractivity contribution in [3.63, 3.8) is 0 Å². The second-order valence-electron chi connectivity index (χ2n) is 12.9. The van der Waals surface area contributed by atoms with E-state index < -0.39 is 0 Å². The summed E-state index contributed by atoms with van der Waals surface area (Å²) in [6.07, 6.45) is 7.10. The van der Waals surface area contributed by atoms with Crippen LogP contribution in [0.1, 0.15) is 0 Å². The Bertz CT molecular complexity index is 2410. The number of anilines is 6. The Morgan fingerprint density at radius 3 is 0.891 bits per heavy atom. The van der Waals surface area contributed by atoms with Crippen LogP contribution in [0, 0.1) is 0 Å². The molecule has 0 aliphatic heterocycles. The Balaban J connectivity index is 0.962. The van der Waals surface area contributed by atoms with Gasteiger partial charge in [-0.1, -0.05) is 109 Å². The van der Waals surface area contributed by atoms with Gasteiger partial charge in [-0.05, 0) is 106 Å². The van der Waals surface area contributed by atoms with Crippen molar-refractivity contribution in [2.24, 2.45) is 0 Å². The lowest BCUT2D eigenvalue weighted by molar-refractivity contribution is 1.08. The normalized spacial score (nSPS) is 10.9. The van der Waals surface area contributed by atoms with E-state index in [1.165, 1.54) is 20.9 Å². The third-order valence-electron chi connectivity index (χ3n) is 9.40. The molecular weight excluding hydrogens is 693 g/mol. The first-order valence-corrected chi connectivity index (χ1v) is 18.8. The fraction of sp³-hybridized carbons (Fsp3) is 0. The number of nitrogens with zero attached hydrogens (tertiary/aromatic N) is 6. The highest BCUT2D eigenvalue weighted by atomic mass is 32.1. The van der Waals surface area contributed by atoms with E-state index in [1.54, 1.807) is 36.1 Å². The zero-order valence-corrected chi connectivity index (χ0v) is 30.5. The second kappa shape index (κ2) is 15.4. The molecule has 0 spiro atoms. The van der Waals surface area contributed by atoms with Crippen LogP contribution in [0.5, 0.6) is 0 Å². The molecule has 0 unspecified atom stereocenters. The molecule has 0 amide bonds. The molecule has 0 aliphatic carbocycles. The maximum absolute atomic E-state index is 4.60. The largest absolute Gasteiger partial charge is 0.279 e. The van der Waals surface area contributed by atoms with Crippen LogP contribution in [0.15, 0.2) is 207 Å². The van der Waals surface area contributed by atoms with Crippen molar-refractivity contribution < 1.29 is 0 Å². The van der Waals surface area contributed by atoms with Crippen molar-refractivity contribution in [3.05, 3.63) is 207 Å². The van der Waals surface area contributed by atoms with E-state index in [0.717, 1.165) is 45.0 Å². The van der Waals surface area contributed by atoms with Gasteiger partial charge in [0, 0.05) is 57.3 Å². The van der Waals surface area contributed by atoms with Crippen LogP contribution < -0.4 is 9.80 Å². The van der Waals surface area contributed by atoms with Crippen molar-refractivity contribution in [3.8, 4) is 43.1 Å². The molecule has 0 saturated carbocycles. The van der Waals surface area contributed by atoms with Crippen LogP contribution in [0.25, 0.3) is 43.1 Å². The summed E-state index contributed by atoms with van der Waals surface area (Å²) >= 11 is 1.78. The molecule has 3 aromatic heterocycles. The first-order chi connectivity index (χ1) is 27.3. The Labute approximate surface area is 324 Å². The van der Waals surface area contributed by atoms with E-state index >= 15 is 0 Å². The monoisotopic (exact) mass is 726 g/mol. The number of thiophene rings is 1. The van der Waals surface area contributed by atoms with Crippen molar-refractivity contribution in [2.45, 2.75) is 0 Å². The summed E-state index contributed by atoms with van der Waals surface area (Å²) in [5.74, 6) is 1.23. The molecule has 6 aromatic carbocycles. The van der Waals surface area contributed by atoms with Crippen molar-refractivity contribution in [2.75, 3.05) is 9.80 Å². The smallest absolute Gasteiger partial charge is 0.234 e. The third-order valence-corrected chi connectivity index (χ3v) is 10.6. The molecule has 9 rings (SSSR count). The summed E-state index contributed by atoms with van der Waals surface area (Å²) in [6.45, 7) is 0. The minimum atomic E-state index is 0.617. The van der Waals surface area contributed by atoms with Crippen molar-refractivity contribution in [1.82, 2.24) is 19.9 Å². The van der Waals surface area contributed by atoms with E-state index in [4.69, 9.17) is 0 Å². The third kappa shape index (κ3) is 7.25. The van der Waals surface area contributed by atoms with Crippen LogP contribution in [0.3, 0.4) is 0 Å². The van der Waals surface area contributed by atoms with Gasteiger partial charge in [-0.2, -0.15) is 0 Å². The minimum absolute atomic E-state index is 0.617. The predicted molar refractivity (Wildman–Crippen MR) is 227 cm³/mol. The Morgan fingerprint density at radius 1 is 0.273 bits per heavy atom. The minimum Gasteiger partial charge on any atom is -0.279 e. The van der Waals surface area contributed by atoms with Gasteiger partial charge in [0.1, 0.15) is 0 Å². The average Bonchev–Trinajstić information content (AvgIpc) is 3.77. The molecule has 0 aliphatic rings. The summed E-state index contributed by atoms with van der Waals surface area (Å²) in [4.78, 5) is 25.0. The molecule has 0 radical (unpaired) electrons. The molecule has 7 heteroatoms. The Kier molecular flexibility index (Phi) is 9.41. The molecule has 6 nitrogen and oxygen atoms in total. The van der Waals surface area contributed by atoms with E-state index in [-0.39, 0.29) is 0 Å². The first-order valence-electron chi connectivity index (χ1n) is 18.0. The van der Waals surface area contributed by atoms with Crippen molar-refractivity contribution in [1.29, 1.82) is 0 Å². The molecule has 0 bridgehead atoms. The topological polar surface area (TPSA) is 58.0 Å². The van der Waals surface area contributed by atoms with E-state index in [0.29, 0.717) is 11.9 Å². The second-order valence-corrected chi connectivity index (χ2v) is 13.9. The van der Waals surface area contributed by atoms with Crippen LogP contribution in [-0.4, -0.2) is 19.9 Å². The van der Waals surface area contributed by atoms with Gasteiger partial charge in [0.2, 0.25) is 11.9 Å². The van der Waals surface area contributed by atoms with E-state index in [1.807, 2.05) is 24.3 Å². The summed E-state index contributed by atoms with van der Waals surface area (Å²) < 4.78 is 0. The van der Waals surface area contributed by atoms with Crippen molar-refractivity contribution >= 4 is 46.0 Å². The quantitative estimate of drug-likeness (QED) is 0.140. The van der Waals surface area contributed by atoms with Gasteiger partial charge in [0.15, 0.2) is 0 Å². The Morgan fingerprint density at radius 2 is 0.564 bits per heavy atom. The Hall–Kier alpha value is -7.22. The average molecular weight is 727 g/mol. The zero-order valence-electron chi connectivity index (χ0n) is 29.7. The molecule has 9 aromatic rings. The van der Waals surface area contributed by atoms with Crippen LogP contribution >= 0.6 is 11.3 Å². The molecular formula is C48H34N6S. The van der Waals surface area contributed by atoms with Gasteiger partial charge < -0.3 is 0 Å². The molecule has 3 heterocycles. The number of rotatable bonds is 10. The molecule has 0 atom stereocenters. The van der Waals surface area contributed by atoms with Gasteiger partial charge >= 0.3 is 0 Å². The maximum atomic E-state index is 4.60. The lowest BCUT2D eigenvalue weighted by Gasteiger charge is -2.23. The number of hydrogen-bond acceptors (Lipinski definition) is 7. The summed E-state index contributed by atoms with van der Waals surface area (Å²) in [6, 6.07) is 63.2. The summed E-state index contributed by atoms with van der Waals surface area (Å²) in [5.41, 5.74) is 10.9. The number of aromatic nitrogens is 4. The fourth-order valence-electron chi connectivity index (χ4n) is 6.64. The summed E-state index contributed by atoms with van der Waals surface area (Å²) in [7, 11) is 0. The lowest BCUT2D eigenvalue weighted by Crippen LogP contribution is -2.12. The molecule has 262 valence electrons. The van der Waals surface area contributed by atoms with Crippen LogP contribution in [-0.2, 0) is 0 Å². The van der Waals surface area contributed by atoms with E-state index in [9.17, 15) is 0 Å². The van der Waals surface area contributed by atoms with Gasteiger partial charge in [-0.3, -0.25) is 9.80 Å². The highest BCUT2D eigenvalue weighted by Gasteiger charge is 2.17. The van der Waals surface area contributed by atoms with Gasteiger partial charge in [-0.25, -0.2) is 19.9 Å². The fourth-order valence-corrected chi connectivity index (χ4v) is 7.66. The summed E-state index contributed by atoms with van der Waals surface area (Å²) in [5, 5.41) is 0. The van der Waals surface area contributed by atoms with E-state index in [2.05, 4.69) is 187 Å². The van der Waals surface area contributed by atoms with Crippen LogP contribution in [0.2, 0.25) is 0 Å². The standard InChI is InChI=1S/C48H34N6S/c1-3-9-35(10-4-1)37-13-21-41(22-14-37)53(47-49-31-7-32-50-47)43-25-17-39(18-26-43)45-29-30-46(55-45)40-19-27-44(28-20-40)54(48-51-33-8-34-52-48)42-23-15-38(16-24-42)36-11-5-2-6-12-36/h1-34H. The maximum Gasteiger partial charge on any atom is 0.234 e. The van der Waals surface area contributed by atoms with Gasteiger partial charge in [0.05, 0.1) is 0 Å².